The molecule has 0 aliphatic carbocycles. The highest BCUT2D eigenvalue weighted by Crippen LogP contribution is 2.37. The molecule has 0 bridgehead atoms. The summed E-state index contributed by atoms with van der Waals surface area (Å²) < 4.78 is 43.8. The second-order valence-corrected chi connectivity index (χ2v) is 5.51. The Kier molecular flexibility index (Phi) is 4.53. The molecule has 1 aromatic rings. The number of aliphatic hydroxyl groups is 1. The van der Waals surface area contributed by atoms with Crippen LogP contribution in [0, 0.1) is 5.92 Å². The molecule has 1 N–H and O–H groups in total. The molecule has 2 atom stereocenters. The molecule has 1 heterocycles. The van der Waals surface area contributed by atoms with Crippen LogP contribution in [-0.4, -0.2) is 18.3 Å². The molecule has 2 unspecified atom stereocenters. The van der Waals surface area contributed by atoms with Gasteiger partial charge in [0.15, 0.2) is 0 Å². The van der Waals surface area contributed by atoms with Crippen molar-refractivity contribution in [1.29, 1.82) is 0 Å². The second-order valence-electron chi connectivity index (χ2n) is 4.66. The van der Waals surface area contributed by atoms with E-state index in [1.165, 1.54) is 6.07 Å². The summed E-state index contributed by atoms with van der Waals surface area (Å²) >= 11 is 3.20. The average Bonchev–Trinajstić information content (AvgIpc) is 2.38. The molecular weight excluding hydrogens is 325 g/mol. The van der Waals surface area contributed by atoms with Crippen LogP contribution in [0.2, 0.25) is 0 Å². The molecule has 2 nitrogen and oxygen atoms in total. The fourth-order valence-corrected chi connectivity index (χ4v) is 2.70. The van der Waals surface area contributed by atoms with Gasteiger partial charge in [-0.3, -0.25) is 0 Å². The molecular formula is C13H14BrF3O2. The zero-order valence-corrected chi connectivity index (χ0v) is 11.7. The molecule has 0 amide bonds. The molecule has 106 valence electrons. The lowest BCUT2D eigenvalue weighted by Crippen LogP contribution is -2.24. The smallest absolute Gasteiger partial charge is 0.388 e. The molecule has 1 fully saturated rings. The van der Waals surface area contributed by atoms with Gasteiger partial charge in [-0.05, 0) is 36.6 Å². The first kappa shape index (κ1) is 14.8. The van der Waals surface area contributed by atoms with Gasteiger partial charge in [-0.1, -0.05) is 15.9 Å². The molecule has 19 heavy (non-hydrogen) atoms. The minimum atomic E-state index is -4.40. The number of hydrogen-bond acceptors (Lipinski definition) is 2. The van der Waals surface area contributed by atoms with Gasteiger partial charge in [-0.25, -0.2) is 0 Å². The van der Waals surface area contributed by atoms with Crippen LogP contribution in [0.4, 0.5) is 13.2 Å². The Morgan fingerprint density at radius 2 is 2.11 bits per heavy atom. The van der Waals surface area contributed by atoms with E-state index in [1.54, 1.807) is 0 Å². The maximum absolute atomic E-state index is 12.7. The largest absolute Gasteiger partial charge is 0.416 e. The van der Waals surface area contributed by atoms with Crippen LogP contribution in [0.1, 0.15) is 30.1 Å². The second kappa shape index (κ2) is 5.81. The van der Waals surface area contributed by atoms with E-state index in [0.29, 0.717) is 17.7 Å². The number of benzene rings is 1. The monoisotopic (exact) mass is 338 g/mol. The van der Waals surface area contributed by atoms with Crippen LogP contribution in [0.5, 0.6) is 0 Å². The third-order valence-corrected chi connectivity index (χ3v) is 4.01. The van der Waals surface area contributed by atoms with E-state index in [2.05, 4.69) is 15.9 Å². The van der Waals surface area contributed by atoms with Gasteiger partial charge in [0.1, 0.15) is 0 Å². The minimum absolute atomic E-state index is 0.159. The number of rotatable bonds is 2. The Bertz CT molecular complexity index is 442. The molecule has 0 radical (unpaired) electrons. The molecule has 6 heteroatoms. The highest BCUT2D eigenvalue weighted by Gasteiger charge is 2.33. The standard InChI is InChI=1S/C13H14BrF3O2/c14-11-4-3-9(13(15,16)17)6-10(11)12(18)8-2-1-5-19-7-8/h3-4,6,8,12,18H,1-2,5,7H2. The van der Waals surface area contributed by atoms with Crippen molar-refractivity contribution in [2.24, 2.45) is 5.92 Å². The summed E-state index contributed by atoms with van der Waals surface area (Å²) in [7, 11) is 0. The number of halogens is 4. The Labute approximate surface area is 117 Å². The fourth-order valence-electron chi connectivity index (χ4n) is 2.22. The summed E-state index contributed by atoms with van der Waals surface area (Å²) in [5, 5.41) is 10.2. The van der Waals surface area contributed by atoms with E-state index in [-0.39, 0.29) is 11.5 Å². The van der Waals surface area contributed by atoms with Crippen LogP contribution < -0.4 is 0 Å². The molecule has 1 saturated heterocycles. The Morgan fingerprint density at radius 3 is 2.68 bits per heavy atom. The highest BCUT2D eigenvalue weighted by molar-refractivity contribution is 9.10. The predicted octanol–water partition coefficient (Wildman–Crippen LogP) is 3.93. The molecule has 0 spiro atoms. The normalized spacial score (nSPS) is 22.3. The van der Waals surface area contributed by atoms with Gasteiger partial charge in [-0.2, -0.15) is 13.2 Å². The average molecular weight is 339 g/mol. The van der Waals surface area contributed by atoms with Crippen molar-refractivity contribution in [3.8, 4) is 0 Å². The Morgan fingerprint density at radius 1 is 1.37 bits per heavy atom. The first-order chi connectivity index (χ1) is 8.89. The zero-order chi connectivity index (χ0) is 14.0. The first-order valence-corrected chi connectivity index (χ1v) is 6.81. The number of alkyl halides is 3. The van der Waals surface area contributed by atoms with E-state index in [4.69, 9.17) is 4.74 Å². The SMILES string of the molecule is OC(c1cc(C(F)(F)F)ccc1Br)C1CCCOC1. The highest BCUT2D eigenvalue weighted by atomic mass is 79.9. The van der Waals surface area contributed by atoms with E-state index in [1.807, 2.05) is 0 Å². The minimum Gasteiger partial charge on any atom is -0.388 e. The third-order valence-electron chi connectivity index (χ3n) is 3.28. The van der Waals surface area contributed by atoms with Crippen LogP contribution >= 0.6 is 15.9 Å². The maximum Gasteiger partial charge on any atom is 0.416 e. The van der Waals surface area contributed by atoms with Crippen LogP contribution in [0.15, 0.2) is 22.7 Å². The van der Waals surface area contributed by atoms with Gasteiger partial charge in [0.2, 0.25) is 0 Å². The van der Waals surface area contributed by atoms with Crippen LogP contribution in [0.3, 0.4) is 0 Å². The molecule has 1 aromatic carbocycles. The van der Waals surface area contributed by atoms with E-state index >= 15 is 0 Å². The third kappa shape index (κ3) is 3.49. The van der Waals surface area contributed by atoms with E-state index < -0.39 is 17.8 Å². The van der Waals surface area contributed by atoms with Gasteiger partial charge < -0.3 is 9.84 Å². The van der Waals surface area contributed by atoms with Crippen molar-refractivity contribution in [1.82, 2.24) is 0 Å². The maximum atomic E-state index is 12.7. The van der Waals surface area contributed by atoms with Gasteiger partial charge in [-0.15, -0.1) is 0 Å². The number of ether oxygens (including phenoxy) is 1. The summed E-state index contributed by atoms with van der Waals surface area (Å²) in [6, 6.07) is 3.33. The Balaban J connectivity index is 2.27. The fraction of sp³-hybridized carbons (Fsp3) is 0.538. The van der Waals surface area contributed by atoms with Crippen LogP contribution in [-0.2, 0) is 10.9 Å². The molecule has 1 aliphatic rings. The summed E-state index contributed by atoms with van der Waals surface area (Å²) in [4.78, 5) is 0. The molecule has 0 saturated carbocycles. The molecule has 1 aliphatic heterocycles. The first-order valence-electron chi connectivity index (χ1n) is 6.02. The van der Waals surface area contributed by atoms with Gasteiger partial charge >= 0.3 is 6.18 Å². The van der Waals surface area contributed by atoms with Gasteiger partial charge in [0.05, 0.1) is 18.3 Å². The van der Waals surface area contributed by atoms with Gasteiger partial charge in [0, 0.05) is 17.0 Å². The van der Waals surface area contributed by atoms with Gasteiger partial charge in [0.25, 0.3) is 0 Å². The quantitative estimate of drug-likeness (QED) is 0.885. The lowest BCUT2D eigenvalue weighted by molar-refractivity contribution is -0.137. The number of aliphatic hydroxyl groups excluding tert-OH is 1. The molecule has 2 rings (SSSR count). The number of hydrogen-bond donors (Lipinski definition) is 1. The summed E-state index contributed by atoms with van der Waals surface area (Å²) in [5.74, 6) is -0.159. The van der Waals surface area contributed by atoms with E-state index in [9.17, 15) is 18.3 Å². The zero-order valence-electron chi connectivity index (χ0n) is 10.1. The molecule has 0 aromatic heterocycles. The summed E-state index contributed by atoms with van der Waals surface area (Å²) in [6.07, 6.45) is -3.78. The van der Waals surface area contributed by atoms with Crippen molar-refractivity contribution >= 4 is 15.9 Å². The lowest BCUT2D eigenvalue weighted by atomic mass is 9.90. The van der Waals surface area contributed by atoms with Crippen molar-refractivity contribution in [3.63, 3.8) is 0 Å². The lowest BCUT2D eigenvalue weighted by Gasteiger charge is -2.27. The topological polar surface area (TPSA) is 29.5 Å². The predicted molar refractivity (Wildman–Crippen MR) is 67.6 cm³/mol. The van der Waals surface area contributed by atoms with Crippen molar-refractivity contribution in [3.05, 3.63) is 33.8 Å². The van der Waals surface area contributed by atoms with Crippen molar-refractivity contribution < 1.29 is 23.0 Å². The van der Waals surface area contributed by atoms with Crippen LogP contribution in [0.25, 0.3) is 0 Å². The summed E-state index contributed by atoms with van der Waals surface area (Å²) in [5.41, 5.74) is -0.480. The van der Waals surface area contributed by atoms with Crippen molar-refractivity contribution in [2.75, 3.05) is 13.2 Å². The Hall–Kier alpha value is -0.590. The summed E-state index contributed by atoms with van der Waals surface area (Å²) in [6.45, 7) is 1.02. The van der Waals surface area contributed by atoms with E-state index in [0.717, 1.165) is 25.0 Å². The van der Waals surface area contributed by atoms with Crippen molar-refractivity contribution in [2.45, 2.75) is 25.1 Å².